The van der Waals surface area contributed by atoms with Crippen molar-refractivity contribution in [2.75, 3.05) is 25.0 Å². The molecule has 0 aromatic heterocycles. The second-order valence-electron chi connectivity index (χ2n) is 5.20. The van der Waals surface area contributed by atoms with Gasteiger partial charge in [0, 0.05) is 38.3 Å². The van der Waals surface area contributed by atoms with Crippen molar-refractivity contribution in [2.45, 2.75) is 25.9 Å². The molecule has 1 unspecified atom stereocenters. The van der Waals surface area contributed by atoms with Gasteiger partial charge in [-0.1, -0.05) is 12.1 Å². The summed E-state index contributed by atoms with van der Waals surface area (Å²) >= 11 is 0. The van der Waals surface area contributed by atoms with E-state index >= 15 is 0 Å². The molecule has 1 aromatic carbocycles. The molecule has 1 atom stereocenters. The van der Waals surface area contributed by atoms with Crippen molar-refractivity contribution in [3.8, 4) is 0 Å². The second kappa shape index (κ2) is 7.19. The van der Waals surface area contributed by atoms with Gasteiger partial charge in [0.2, 0.25) is 11.8 Å². The molecule has 114 valence electrons. The van der Waals surface area contributed by atoms with E-state index in [2.05, 4.69) is 10.6 Å². The Bertz CT molecular complexity index is 501. The summed E-state index contributed by atoms with van der Waals surface area (Å²) in [6.07, 6.45) is 0.371. The summed E-state index contributed by atoms with van der Waals surface area (Å²) < 4.78 is 0. The highest BCUT2D eigenvalue weighted by Crippen LogP contribution is 2.10. The lowest BCUT2D eigenvalue weighted by Crippen LogP contribution is -2.54. The van der Waals surface area contributed by atoms with Gasteiger partial charge in [-0.15, -0.1) is 0 Å². The Morgan fingerprint density at radius 1 is 1.43 bits per heavy atom. The first-order chi connectivity index (χ1) is 10.1. The van der Waals surface area contributed by atoms with Crippen LogP contribution in [-0.2, 0) is 16.1 Å². The Hall–Kier alpha value is -1.92. The number of hydrogen-bond donors (Lipinski definition) is 3. The molecule has 1 aromatic rings. The van der Waals surface area contributed by atoms with E-state index in [9.17, 15) is 9.59 Å². The zero-order valence-corrected chi connectivity index (χ0v) is 12.3. The Morgan fingerprint density at radius 2 is 2.14 bits per heavy atom. The average molecular weight is 290 g/mol. The number of nitrogens with one attached hydrogen (secondary N) is 2. The zero-order chi connectivity index (χ0) is 15.2. The van der Waals surface area contributed by atoms with Crippen molar-refractivity contribution in [2.24, 2.45) is 5.73 Å². The molecule has 0 saturated carbocycles. The topological polar surface area (TPSA) is 87.5 Å². The van der Waals surface area contributed by atoms with E-state index in [-0.39, 0.29) is 17.9 Å². The van der Waals surface area contributed by atoms with Crippen molar-refractivity contribution in [1.29, 1.82) is 0 Å². The minimum absolute atomic E-state index is 0.0269. The summed E-state index contributed by atoms with van der Waals surface area (Å²) in [7, 11) is 0. The van der Waals surface area contributed by atoms with Crippen LogP contribution in [0.5, 0.6) is 0 Å². The Labute approximate surface area is 124 Å². The first-order valence-corrected chi connectivity index (χ1v) is 7.21. The second-order valence-corrected chi connectivity index (χ2v) is 5.20. The monoisotopic (exact) mass is 290 g/mol. The molecule has 0 radical (unpaired) electrons. The number of carbonyl (C=O) groups excluding carboxylic acids is 2. The maximum Gasteiger partial charge on any atom is 0.237 e. The van der Waals surface area contributed by atoms with Crippen LogP contribution in [0.25, 0.3) is 0 Å². The van der Waals surface area contributed by atoms with Gasteiger partial charge < -0.3 is 16.4 Å². The summed E-state index contributed by atoms with van der Waals surface area (Å²) in [5.41, 5.74) is 7.32. The summed E-state index contributed by atoms with van der Waals surface area (Å²) in [4.78, 5) is 25.5. The summed E-state index contributed by atoms with van der Waals surface area (Å²) in [6.45, 7) is 4.36. The lowest BCUT2D eigenvalue weighted by atomic mass is 10.2. The maximum absolute atomic E-state index is 11.9. The van der Waals surface area contributed by atoms with Crippen LogP contribution in [0.2, 0.25) is 0 Å². The fourth-order valence-electron chi connectivity index (χ4n) is 2.33. The minimum Gasteiger partial charge on any atom is -0.353 e. The van der Waals surface area contributed by atoms with Crippen molar-refractivity contribution in [3.05, 3.63) is 29.8 Å². The Balaban J connectivity index is 1.80. The molecule has 6 nitrogen and oxygen atoms in total. The van der Waals surface area contributed by atoms with E-state index in [1.807, 2.05) is 36.1 Å². The fraction of sp³-hybridized carbons (Fsp3) is 0.467. The van der Waals surface area contributed by atoms with Crippen LogP contribution in [0, 0.1) is 0 Å². The number of piperazine rings is 1. The molecule has 21 heavy (non-hydrogen) atoms. The number of nitrogens with zero attached hydrogens (tertiary/aromatic N) is 1. The number of amides is 2. The van der Waals surface area contributed by atoms with Crippen molar-refractivity contribution < 1.29 is 9.59 Å². The van der Waals surface area contributed by atoms with E-state index in [0.29, 0.717) is 26.1 Å². The SMILES string of the molecule is CC1C(=O)NCCN1CCC(=O)Nc1ccc(CN)cc1. The molecular formula is C15H22N4O2. The first kappa shape index (κ1) is 15.5. The number of rotatable bonds is 5. The van der Waals surface area contributed by atoms with E-state index in [0.717, 1.165) is 17.8 Å². The molecule has 2 amide bonds. The highest BCUT2D eigenvalue weighted by Gasteiger charge is 2.25. The molecule has 2 rings (SSSR count). The third-order valence-corrected chi connectivity index (χ3v) is 3.72. The number of carbonyl (C=O) groups is 2. The van der Waals surface area contributed by atoms with Crippen molar-refractivity contribution in [3.63, 3.8) is 0 Å². The molecule has 1 fully saturated rings. The van der Waals surface area contributed by atoms with Gasteiger partial charge in [0.05, 0.1) is 6.04 Å². The van der Waals surface area contributed by atoms with Gasteiger partial charge in [-0.3, -0.25) is 14.5 Å². The van der Waals surface area contributed by atoms with Crippen LogP contribution < -0.4 is 16.4 Å². The summed E-state index contributed by atoms with van der Waals surface area (Å²) in [5.74, 6) is -0.0206. The standard InChI is InChI=1S/C15H22N4O2/c1-11-15(21)17-7-9-19(11)8-6-14(20)18-13-4-2-12(10-16)3-5-13/h2-5,11H,6-10,16H2,1H3,(H,17,21)(H,18,20). The number of benzene rings is 1. The molecule has 1 aliphatic rings. The lowest BCUT2D eigenvalue weighted by Gasteiger charge is -2.32. The highest BCUT2D eigenvalue weighted by atomic mass is 16.2. The molecule has 0 bridgehead atoms. The smallest absolute Gasteiger partial charge is 0.237 e. The van der Waals surface area contributed by atoms with Gasteiger partial charge in [0.1, 0.15) is 0 Å². The Kier molecular flexibility index (Phi) is 5.30. The third kappa shape index (κ3) is 4.27. The highest BCUT2D eigenvalue weighted by molar-refractivity contribution is 5.90. The Morgan fingerprint density at radius 3 is 2.81 bits per heavy atom. The summed E-state index contributed by atoms with van der Waals surface area (Å²) in [6, 6.07) is 7.31. The van der Waals surface area contributed by atoms with Crippen molar-refractivity contribution >= 4 is 17.5 Å². The molecule has 0 spiro atoms. The fourth-order valence-corrected chi connectivity index (χ4v) is 2.33. The first-order valence-electron chi connectivity index (χ1n) is 7.21. The average Bonchev–Trinajstić information content (AvgIpc) is 2.49. The van der Waals surface area contributed by atoms with E-state index < -0.39 is 0 Å². The number of anilines is 1. The van der Waals surface area contributed by atoms with Crippen molar-refractivity contribution in [1.82, 2.24) is 10.2 Å². The molecule has 6 heteroatoms. The van der Waals surface area contributed by atoms with Gasteiger partial charge in [0.25, 0.3) is 0 Å². The van der Waals surface area contributed by atoms with Gasteiger partial charge in [0.15, 0.2) is 0 Å². The van der Waals surface area contributed by atoms with Crippen LogP contribution in [0.15, 0.2) is 24.3 Å². The predicted octanol–water partition coefficient (Wildman–Crippen LogP) is 0.294. The van der Waals surface area contributed by atoms with Gasteiger partial charge in [-0.05, 0) is 24.6 Å². The minimum atomic E-state index is -0.171. The van der Waals surface area contributed by atoms with Gasteiger partial charge in [-0.25, -0.2) is 0 Å². The van der Waals surface area contributed by atoms with Gasteiger partial charge in [-0.2, -0.15) is 0 Å². The largest absolute Gasteiger partial charge is 0.353 e. The zero-order valence-electron chi connectivity index (χ0n) is 12.3. The van der Waals surface area contributed by atoms with E-state index in [4.69, 9.17) is 5.73 Å². The lowest BCUT2D eigenvalue weighted by molar-refractivity contribution is -0.129. The number of hydrogen-bond acceptors (Lipinski definition) is 4. The van der Waals surface area contributed by atoms with E-state index in [1.54, 1.807) is 0 Å². The third-order valence-electron chi connectivity index (χ3n) is 3.72. The maximum atomic E-state index is 11.9. The molecule has 0 aliphatic carbocycles. The molecule has 1 aliphatic heterocycles. The van der Waals surface area contributed by atoms with E-state index in [1.165, 1.54) is 0 Å². The van der Waals surface area contributed by atoms with Crippen LogP contribution in [-0.4, -0.2) is 42.4 Å². The van der Waals surface area contributed by atoms with Crippen LogP contribution in [0.3, 0.4) is 0 Å². The summed E-state index contributed by atoms with van der Waals surface area (Å²) in [5, 5.41) is 5.66. The number of nitrogens with two attached hydrogens (primary N) is 1. The van der Waals surface area contributed by atoms with Crippen LogP contribution >= 0.6 is 0 Å². The van der Waals surface area contributed by atoms with Crippen LogP contribution in [0.1, 0.15) is 18.9 Å². The molecule has 1 heterocycles. The molecule has 1 saturated heterocycles. The molecular weight excluding hydrogens is 268 g/mol. The normalized spacial score (nSPS) is 19.1. The quantitative estimate of drug-likeness (QED) is 0.727. The predicted molar refractivity (Wildman–Crippen MR) is 81.6 cm³/mol. The van der Waals surface area contributed by atoms with Gasteiger partial charge >= 0.3 is 0 Å². The van der Waals surface area contributed by atoms with Crippen LogP contribution in [0.4, 0.5) is 5.69 Å². The molecule has 4 N–H and O–H groups in total.